The van der Waals surface area contributed by atoms with Crippen molar-refractivity contribution in [2.75, 3.05) is 0 Å². The second-order valence-electron chi connectivity index (χ2n) is 5.69. The molecule has 5 rings (SSSR count). The SMILES string of the molecule is CCn1c2ccccc2c2ccc3sc4ccccc4c3c21. The van der Waals surface area contributed by atoms with Crippen molar-refractivity contribution in [1.29, 1.82) is 0 Å². The van der Waals surface area contributed by atoms with Crippen LogP contribution in [0.15, 0.2) is 60.7 Å². The first-order valence-electron chi connectivity index (χ1n) is 7.69. The molecule has 0 saturated heterocycles. The van der Waals surface area contributed by atoms with Crippen molar-refractivity contribution in [3.05, 3.63) is 60.7 Å². The second kappa shape index (κ2) is 4.34. The predicted molar refractivity (Wildman–Crippen MR) is 98.0 cm³/mol. The summed E-state index contributed by atoms with van der Waals surface area (Å²) in [6.45, 7) is 3.23. The minimum atomic E-state index is 0.993. The standard InChI is InChI=1S/C20H15NS/c1-2-21-16-9-5-3-7-13(16)14-11-12-18-19(20(14)21)15-8-4-6-10-17(15)22-18/h3-12H,2H2,1H3. The lowest BCUT2D eigenvalue weighted by atomic mass is 10.1. The van der Waals surface area contributed by atoms with Crippen molar-refractivity contribution < 1.29 is 0 Å². The van der Waals surface area contributed by atoms with Gasteiger partial charge < -0.3 is 4.57 Å². The smallest absolute Gasteiger partial charge is 0.0585 e. The normalized spacial score (nSPS) is 12.0. The van der Waals surface area contributed by atoms with Gasteiger partial charge in [-0.3, -0.25) is 0 Å². The van der Waals surface area contributed by atoms with Gasteiger partial charge in [0.15, 0.2) is 0 Å². The van der Waals surface area contributed by atoms with E-state index in [-0.39, 0.29) is 0 Å². The van der Waals surface area contributed by atoms with Crippen molar-refractivity contribution in [3.63, 3.8) is 0 Å². The highest BCUT2D eigenvalue weighted by molar-refractivity contribution is 7.26. The minimum absolute atomic E-state index is 0.993. The summed E-state index contributed by atoms with van der Waals surface area (Å²) in [5.74, 6) is 0. The van der Waals surface area contributed by atoms with E-state index in [1.165, 1.54) is 42.0 Å². The number of nitrogens with zero attached hydrogens (tertiary/aromatic N) is 1. The van der Waals surface area contributed by atoms with Crippen molar-refractivity contribution in [2.45, 2.75) is 13.5 Å². The Hall–Kier alpha value is -2.32. The van der Waals surface area contributed by atoms with E-state index in [9.17, 15) is 0 Å². The molecular weight excluding hydrogens is 286 g/mol. The molecule has 0 spiro atoms. The topological polar surface area (TPSA) is 4.93 Å². The van der Waals surface area contributed by atoms with Gasteiger partial charge in [0.25, 0.3) is 0 Å². The fraction of sp³-hybridized carbons (Fsp3) is 0.100. The number of rotatable bonds is 1. The Labute approximate surface area is 132 Å². The molecule has 0 aliphatic heterocycles. The zero-order valence-electron chi connectivity index (χ0n) is 12.3. The van der Waals surface area contributed by atoms with Crippen LogP contribution in [-0.4, -0.2) is 4.57 Å². The molecule has 0 bridgehead atoms. The number of aromatic nitrogens is 1. The molecule has 2 aromatic heterocycles. The van der Waals surface area contributed by atoms with E-state index in [0.717, 1.165) is 6.54 Å². The zero-order valence-corrected chi connectivity index (χ0v) is 13.2. The van der Waals surface area contributed by atoms with Crippen LogP contribution >= 0.6 is 11.3 Å². The molecular formula is C20H15NS. The van der Waals surface area contributed by atoms with E-state index in [2.05, 4.69) is 72.2 Å². The van der Waals surface area contributed by atoms with Crippen molar-refractivity contribution >= 4 is 53.3 Å². The number of thiophene rings is 1. The third-order valence-corrected chi connectivity index (χ3v) is 5.72. The van der Waals surface area contributed by atoms with Crippen LogP contribution in [0, 0.1) is 0 Å². The van der Waals surface area contributed by atoms with Crippen LogP contribution in [-0.2, 0) is 6.54 Å². The first kappa shape index (κ1) is 12.2. The molecule has 0 N–H and O–H groups in total. The molecule has 2 heteroatoms. The number of para-hydroxylation sites is 1. The first-order valence-corrected chi connectivity index (χ1v) is 8.51. The number of fused-ring (bicyclic) bond motifs is 7. The molecule has 0 amide bonds. The highest BCUT2D eigenvalue weighted by Gasteiger charge is 2.15. The fourth-order valence-electron chi connectivity index (χ4n) is 3.68. The van der Waals surface area contributed by atoms with E-state index in [1.807, 2.05) is 11.3 Å². The summed E-state index contributed by atoms with van der Waals surface area (Å²) in [5.41, 5.74) is 2.72. The van der Waals surface area contributed by atoms with Gasteiger partial charge in [0.2, 0.25) is 0 Å². The van der Waals surface area contributed by atoms with E-state index >= 15 is 0 Å². The molecule has 0 aliphatic carbocycles. The summed E-state index contributed by atoms with van der Waals surface area (Å²) in [7, 11) is 0. The molecule has 3 aromatic carbocycles. The summed E-state index contributed by atoms with van der Waals surface area (Å²) < 4.78 is 5.22. The van der Waals surface area contributed by atoms with E-state index in [0.29, 0.717) is 0 Å². The van der Waals surface area contributed by atoms with Gasteiger partial charge in [-0.05, 0) is 25.1 Å². The van der Waals surface area contributed by atoms with Crippen LogP contribution in [0.1, 0.15) is 6.92 Å². The van der Waals surface area contributed by atoms with Gasteiger partial charge in [0.05, 0.1) is 5.52 Å². The van der Waals surface area contributed by atoms with Crippen LogP contribution in [0.3, 0.4) is 0 Å². The monoisotopic (exact) mass is 301 g/mol. The summed E-state index contributed by atoms with van der Waals surface area (Å²) in [6.07, 6.45) is 0. The molecule has 0 saturated carbocycles. The summed E-state index contributed by atoms with van der Waals surface area (Å²) in [6, 6.07) is 22.1. The van der Waals surface area contributed by atoms with E-state index < -0.39 is 0 Å². The lowest BCUT2D eigenvalue weighted by Crippen LogP contribution is -1.93. The van der Waals surface area contributed by atoms with Crippen LogP contribution in [0.25, 0.3) is 42.0 Å². The van der Waals surface area contributed by atoms with Crippen LogP contribution < -0.4 is 0 Å². The first-order chi connectivity index (χ1) is 10.9. The maximum Gasteiger partial charge on any atom is 0.0585 e. The van der Waals surface area contributed by atoms with Gasteiger partial charge in [0.1, 0.15) is 0 Å². The molecule has 1 nitrogen and oxygen atoms in total. The third-order valence-electron chi connectivity index (χ3n) is 4.59. The molecule has 0 unspecified atom stereocenters. The van der Waals surface area contributed by atoms with Crippen molar-refractivity contribution in [2.24, 2.45) is 0 Å². The van der Waals surface area contributed by atoms with Gasteiger partial charge in [-0.2, -0.15) is 0 Å². The van der Waals surface area contributed by atoms with Gasteiger partial charge in [-0.25, -0.2) is 0 Å². The molecule has 22 heavy (non-hydrogen) atoms. The number of hydrogen-bond donors (Lipinski definition) is 0. The number of hydrogen-bond acceptors (Lipinski definition) is 1. The Bertz CT molecular complexity index is 1160. The zero-order chi connectivity index (χ0) is 14.7. The van der Waals surface area contributed by atoms with Crippen molar-refractivity contribution in [1.82, 2.24) is 4.57 Å². The molecule has 106 valence electrons. The molecule has 0 radical (unpaired) electrons. The van der Waals surface area contributed by atoms with Crippen molar-refractivity contribution in [3.8, 4) is 0 Å². The quantitative estimate of drug-likeness (QED) is 0.348. The highest BCUT2D eigenvalue weighted by atomic mass is 32.1. The maximum absolute atomic E-state index is 2.46. The average Bonchev–Trinajstić information content (AvgIpc) is 3.09. The lowest BCUT2D eigenvalue weighted by Gasteiger charge is -2.04. The molecule has 0 fully saturated rings. The Balaban J connectivity index is 2.17. The van der Waals surface area contributed by atoms with Gasteiger partial charge in [0, 0.05) is 43.0 Å². The molecule has 5 aromatic rings. The Kier molecular flexibility index (Phi) is 2.42. The number of aryl methyl sites for hydroxylation is 1. The molecule has 0 atom stereocenters. The molecule has 0 aliphatic rings. The Morgan fingerprint density at radius 1 is 0.773 bits per heavy atom. The van der Waals surface area contributed by atoms with E-state index in [4.69, 9.17) is 0 Å². The van der Waals surface area contributed by atoms with Crippen LogP contribution in [0.2, 0.25) is 0 Å². The summed E-state index contributed by atoms with van der Waals surface area (Å²) >= 11 is 1.89. The second-order valence-corrected chi connectivity index (χ2v) is 6.78. The largest absolute Gasteiger partial charge is 0.340 e. The summed E-state index contributed by atoms with van der Waals surface area (Å²) in [5, 5.41) is 5.52. The maximum atomic E-state index is 2.46. The Morgan fingerprint density at radius 3 is 2.41 bits per heavy atom. The average molecular weight is 301 g/mol. The fourth-order valence-corrected chi connectivity index (χ4v) is 4.79. The van der Waals surface area contributed by atoms with Gasteiger partial charge >= 0.3 is 0 Å². The van der Waals surface area contributed by atoms with Crippen LogP contribution in [0.4, 0.5) is 0 Å². The van der Waals surface area contributed by atoms with Gasteiger partial charge in [-0.15, -0.1) is 11.3 Å². The Morgan fingerprint density at radius 2 is 1.55 bits per heavy atom. The predicted octanol–water partition coefficient (Wildman–Crippen LogP) is 6.18. The highest BCUT2D eigenvalue weighted by Crippen LogP contribution is 2.41. The van der Waals surface area contributed by atoms with Crippen LogP contribution in [0.5, 0.6) is 0 Å². The van der Waals surface area contributed by atoms with E-state index in [1.54, 1.807) is 0 Å². The summed E-state index contributed by atoms with van der Waals surface area (Å²) in [4.78, 5) is 0. The van der Waals surface area contributed by atoms with Gasteiger partial charge in [-0.1, -0.05) is 42.5 Å². The third kappa shape index (κ3) is 1.43. The minimum Gasteiger partial charge on any atom is -0.340 e. The molecule has 2 heterocycles. The lowest BCUT2D eigenvalue weighted by molar-refractivity contribution is 0.830. The number of benzene rings is 3.